The Morgan fingerprint density at radius 2 is 1.61 bits per heavy atom. The van der Waals surface area contributed by atoms with Gasteiger partial charge in [0.05, 0.1) is 11.4 Å². The molecule has 0 saturated carbocycles. The van der Waals surface area contributed by atoms with Crippen LogP contribution < -0.4 is 5.32 Å². The van der Waals surface area contributed by atoms with Crippen LogP contribution in [-0.2, 0) is 27.7 Å². The highest BCUT2D eigenvalue weighted by atomic mass is 79.9. The summed E-state index contributed by atoms with van der Waals surface area (Å²) in [6.45, 7) is 5.65. The largest absolute Gasteiger partial charge is 0.324 e. The molecule has 0 aromatic heterocycles. The highest BCUT2D eigenvalue weighted by Gasteiger charge is 2.25. The van der Waals surface area contributed by atoms with Crippen molar-refractivity contribution >= 4 is 49.1 Å². The lowest BCUT2D eigenvalue weighted by Crippen LogP contribution is -2.38. The van der Waals surface area contributed by atoms with Crippen LogP contribution in [0, 0.1) is 0 Å². The Balaban J connectivity index is 2.25. The van der Waals surface area contributed by atoms with E-state index in [4.69, 9.17) is 11.6 Å². The Morgan fingerprint density at radius 3 is 2.07 bits per heavy atom. The first-order valence-corrected chi connectivity index (χ1v) is 11.7. The quantitative estimate of drug-likeness (QED) is 0.577. The topological polar surface area (TPSA) is 66.5 Å². The van der Waals surface area contributed by atoms with E-state index in [1.165, 1.54) is 24.3 Å². The van der Waals surface area contributed by atoms with Crippen LogP contribution >= 0.6 is 27.5 Å². The maximum absolute atomic E-state index is 12.9. The van der Waals surface area contributed by atoms with E-state index >= 15 is 0 Å². The highest BCUT2D eigenvalue weighted by molar-refractivity contribution is 9.10. The minimum atomic E-state index is -3.79. The summed E-state index contributed by atoms with van der Waals surface area (Å²) in [5, 5.41) is 3.37. The Bertz CT molecular complexity index is 921. The van der Waals surface area contributed by atoms with E-state index in [0.29, 0.717) is 5.02 Å². The summed E-state index contributed by atoms with van der Waals surface area (Å²) in [4.78, 5) is 12.8. The fraction of sp³-hybridized carbons (Fsp3) is 0.350. The Kier molecular flexibility index (Phi) is 8.07. The first kappa shape index (κ1) is 22.9. The van der Waals surface area contributed by atoms with Gasteiger partial charge in [-0.3, -0.25) is 4.79 Å². The van der Waals surface area contributed by atoms with Crippen LogP contribution in [0.3, 0.4) is 0 Å². The zero-order valence-corrected chi connectivity index (χ0v) is 19.3. The number of nitrogens with one attached hydrogen (secondary N) is 1. The summed E-state index contributed by atoms with van der Waals surface area (Å²) in [6, 6.07) is 9.86. The van der Waals surface area contributed by atoms with Gasteiger partial charge in [-0.05, 0) is 60.4 Å². The molecule has 152 valence electrons. The zero-order chi connectivity index (χ0) is 20.9. The molecule has 0 atom stereocenters. The van der Waals surface area contributed by atoms with Gasteiger partial charge < -0.3 is 5.32 Å². The molecule has 2 aromatic carbocycles. The van der Waals surface area contributed by atoms with Crippen LogP contribution in [0.5, 0.6) is 0 Å². The van der Waals surface area contributed by atoms with E-state index in [9.17, 15) is 13.2 Å². The molecule has 0 aliphatic carbocycles. The molecule has 2 aromatic rings. The number of amides is 1. The number of rotatable bonds is 8. The monoisotopic (exact) mass is 486 g/mol. The molecule has 0 heterocycles. The van der Waals surface area contributed by atoms with Crippen molar-refractivity contribution in [3.05, 3.63) is 57.0 Å². The van der Waals surface area contributed by atoms with Gasteiger partial charge in [-0.25, -0.2) is 8.42 Å². The maximum atomic E-state index is 12.9. The Morgan fingerprint density at radius 1 is 1.07 bits per heavy atom. The summed E-state index contributed by atoms with van der Waals surface area (Å²) in [5.41, 5.74) is 2.77. The molecule has 0 bridgehead atoms. The smallest absolute Gasteiger partial charge is 0.243 e. The molecule has 5 nitrogen and oxygen atoms in total. The SMILES string of the molecule is CCc1cc(Br)cc(CC)c1NC(=O)CN(CC)S(=O)(=O)c1ccc(Cl)cc1. The van der Waals surface area contributed by atoms with Gasteiger partial charge in [-0.2, -0.15) is 4.31 Å². The number of likely N-dealkylation sites (N-methyl/N-ethyl adjacent to an activating group) is 1. The minimum absolute atomic E-state index is 0.110. The summed E-state index contributed by atoms with van der Waals surface area (Å²) in [7, 11) is -3.79. The van der Waals surface area contributed by atoms with Gasteiger partial charge in [-0.1, -0.05) is 48.3 Å². The molecule has 0 fully saturated rings. The van der Waals surface area contributed by atoms with Crippen molar-refractivity contribution in [2.75, 3.05) is 18.4 Å². The lowest BCUT2D eigenvalue weighted by atomic mass is 10.0. The third-order valence-electron chi connectivity index (χ3n) is 4.42. The number of nitrogens with zero attached hydrogens (tertiary/aromatic N) is 1. The van der Waals surface area contributed by atoms with Crippen LogP contribution in [-0.4, -0.2) is 31.7 Å². The summed E-state index contributed by atoms with van der Waals surface area (Å²) >= 11 is 9.34. The number of benzene rings is 2. The summed E-state index contributed by atoms with van der Waals surface area (Å²) in [5.74, 6) is -0.369. The normalized spacial score (nSPS) is 11.6. The second-order valence-electron chi connectivity index (χ2n) is 6.24. The van der Waals surface area contributed by atoms with Crippen LogP contribution in [0.2, 0.25) is 5.02 Å². The number of carbonyl (C=O) groups is 1. The van der Waals surface area contributed by atoms with Gasteiger partial charge in [0.25, 0.3) is 0 Å². The average Bonchev–Trinajstić information content (AvgIpc) is 2.67. The minimum Gasteiger partial charge on any atom is -0.324 e. The Labute approximate surface area is 180 Å². The maximum Gasteiger partial charge on any atom is 0.243 e. The van der Waals surface area contributed by atoms with E-state index in [1.54, 1.807) is 6.92 Å². The molecule has 2 rings (SSSR count). The molecule has 0 unspecified atom stereocenters. The van der Waals surface area contributed by atoms with Crippen LogP contribution in [0.1, 0.15) is 31.9 Å². The molecule has 1 amide bonds. The molecule has 0 saturated heterocycles. The number of anilines is 1. The van der Waals surface area contributed by atoms with Crippen molar-refractivity contribution in [1.82, 2.24) is 4.31 Å². The third kappa shape index (κ3) is 5.35. The van der Waals surface area contributed by atoms with E-state index in [2.05, 4.69) is 21.2 Å². The highest BCUT2D eigenvalue weighted by Crippen LogP contribution is 2.28. The Hall–Kier alpha value is -1.41. The summed E-state index contributed by atoms with van der Waals surface area (Å²) < 4.78 is 27.8. The number of halogens is 2. The number of hydrogen-bond donors (Lipinski definition) is 1. The molecular weight excluding hydrogens is 464 g/mol. The van der Waals surface area contributed by atoms with Gasteiger partial charge in [0, 0.05) is 21.7 Å². The van der Waals surface area contributed by atoms with Gasteiger partial charge >= 0.3 is 0 Å². The van der Waals surface area contributed by atoms with Crippen molar-refractivity contribution in [3.63, 3.8) is 0 Å². The van der Waals surface area contributed by atoms with Crippen molar-refractivity contribution < 1.29 is 13.2 Å². The molecule has 0 aliphatic heterocycles. The van der Waals surface area contributed by atoms with Gasteiger partial charge in [0.2, 0.25) is 15.9 Å². The fourth-order valence-electron chi connectivity index (χ4n) is 2.90. The summed E-state index contributed by atoms with van der Waals surface area (Å²) in [6.07, 6.45) is 1.51. The van der Waals surface area contributed by atoms with Crippen LogP contribution in [0.25, 0.3) is 0 Å². The van der Waals surface area contributed by atoms with Crippen molar-refractivity contribution in [1.29, 1.82) is 0 Å². The lowest BCUT2D eigenvalue weighted by Gasteiger charge is -2.21. The van der Waals surface area contributed by atoms with E-state index in [-0.39, 0.29) is 23.9 Å². The molecule has 0 spiro atoms. The number of hydrogen-bond acceptors (Lipinski definition) is 3. The van der Waals surface area contributed by atoms with E-state index in [0.717, 1.165) is 38.4 Å². The molecule has 28 heavy (non-hydrogen) atoms. The van der Waals surface area contributed by atoms with Crippen molar-refractivity contribution in [3.8, 4) is 0 Å². The average molecular weight is 488 g/mol. The van der Waals surface area contributed by atoms with Gasteiger partial charge in [-0.15, -0.1) is 0 Å². The van der Waals surface area contributed by atoms with Gasteiger partial charge in [0.15, 0.2) is 0 Å². The second kappa shape index (κ2) is 9.87. The van der Waals surface area contributed by atoms with E-state index < -0.39 is 10.0 Å². The third-order valence-corrected chi connectivity index (χ3v) is 7.06. The fourth-order valence-corrected chi connectivity index (χ4v) is 4.99. The molecule has 1 N–H and O–H groups in total. The molecular formula is C20H24BrClN2O3S. The van der Waals surface area contributed by atoms with Crippen LogP contribution in [0.15, 0.2) is 45.8 Å². The second-order valence-corrected chi connectivity index (χ2v) is 9.53. The van der Waals surface area contributed by atoms with Crippen molar-refractivity contribution in [2.24, 2.45) is 0 Å². The number of sulfonamides is 1. The number of carbonyl (C=O) groups excluding carboxylic acids is 1. The van der Waals surface area contributed by atoms with Crippen molar-refractivity contribution in [2.45, 2.75) is 38.5 Å². The predicted octanol–water partition coefficient (Wildman–Crippen LogP) is 4.88. The molecule has 8 heteroatoms. The predicted molar refractivity (Wildman–Crippen MR) is 117 cm³/mol. The van der Waals surface area contributed by atoms with E-state index in [1.807, 2.05) is 26.0 Å². The van der Waals surface area contributed by atoms with Gasteiger partial charge in [0.1, 0.15) is 0 Å². The first-order valence-electron chi connectivity index (χ1n) is 9.09. The molecule has 0 aliphatic rings. The molecule has 0 radical (unpaired) electrons. The zero-order valence-electron chi connectivity index (χ0n) is 16.1. The number of aryl methyl sites for hydroxylation is 2. The van der Waals surface area contributed by atoms with Crippen LogP contribution in [0.4, 0.5) is 5.69 Å². The first-order chi connectivity index (χ1) is 13.2. The lowest BCUT2D eigenvalue weighted by molar-refractivity contribution is -0.116. The standard InChI is InChI=1S/C20H24BrClN2O3S/c1-4-14-11-16(21)12-15(5-2)20(14)23-19(25)13-24(6-3)28(26,27)18-9-7-17(22)8-10-18/h7-12H,4-6,13H2,1-3H3,(H,23,25).